The number of rotatable bonds is 9. The highest BCUT2D eigenvalue weighted by molar-refractivity contribution is 5.96. The Kier molecular flexibility index (Phi) is 9.41. The highest BCUT2D eigenvalue weighted by Crippen LogP contribution is 2.44. The molecule has 0 radical (unpaired) electrons. The molecule has 1 heteroatoms. The Morgan fingerprint density at radius 3 is 0.909 bits per heavy atom. The van der Waals surface area contributed by atoms with Crippen LogP contribution >= 0.6 is 0 Å². The molecule has 0 fully saturated rings. The van der Waals surface area contributed by atoms with Crippen LogP contribution in [0.5, 0.6) is 0 Å². The van der Waals surface area contributed by atoms with Crippen molar-refractivity contribution in [3.8, 4) is 66.8 Å². The van der Waals surface area contributed by atoms with Gasteiger partial charge in [-0.25, -0.2) is 0 Å². The Bertz CT molecular complexity index is 2660. The van der Waals surface area contributed by atoms with Crippen molar-refractivity contribution < 1.29 is 0 Å². The van der Waals surface area contributed by atoms with Crippen LogP contribution in [0.3, 0.4) is 0 Å². The molecule has 1 nitrogen and oxygen atoms in total. The number of benzene rings is 9. The maximum atomic E-state index is 2.38. The van der Waals surface area contributed by atoms with Crippen LogP contribution in [0.15, 0.2) is 237 Å². The first-order chi connectivity index (χ1) is 27.3. The van der Waals surface area contributed by atoms with E-state index in [1.807, 2.05) is 0 Å². The van der Waals surface area contributed by atoms with E-state index in [1.54, 1.807) is 0 Å². The number of para-hydroxylation sites is 1. The molecule has 9 rings (SSSR count). The zero-order valence-electron chi connectivity index (χ0n) is 30.5. The molecule has 0 saturated carbocycles. The minimum atomic E-state index is 1.09. The van der Waals surface area contributed by atoms with Crippen LogP contribution in [0.2, 0.25) is 0 Å². The van der Waals surface area contributed by atoms with Gasteiger partial charge in [0.2, 0.25) is 0 Å². The van der Waals surface area contributed by atoms with E-state index in [0.29, 0.717) is 0 Å². The average molecular weight is 702 g/mol. The van der Waals surface area contributed by atoms with Crippen molar-refractivity contribution in [1.29, 1.82) is 0 Å². The lowest BCUT2D eigenvalue weighted by molar-refractivity contribution is 1.28. The van der Waals surface area contributed by atoms with Gasteiger partial charge in [-0.1, -0.05) is 206 Å². The van der Waals surface area contributed by atoms with E-state index in [9.17, 15) is 0 Å². The van der Waals surface area contributed by atoms with Crippen molar-refractivity contribution in [2.45, 2.75) is 0 Å². The van der Waals surface area contributed by atoms with E-state index in [2.05, 4.69) is 241 Å². The molecule has 0 bridgehead atoms. The minimum Gasteiger partial charge on any atom is -0.310 e. The number of anilines is 3. The smallest absolute Gasteiger partial charge is 0.0540 e. The highest BCUT2D eigenvalue weighted by Gasteiger charge is 2.19. The van der Waals surface area contributed by atoms with E-state index in [-0.39, 0.29) is 0 Å². The Morgan fingerprint density at radius 2 is 0.455 bits per heavy atom. The molecule has 9 aromatic rings. The lowest BCUT2D eigenvalue weighted by atomic mass is 9.87. The van der Waals surface area contributed by atoms with Crippen LogP contribution in [0, 0.1) is 0 Å². The van der Waals surface area contributed by atoms with Crippen molar-refractivity contribution in [3.05, 3.63) is 237 Å². The largest absolute Gasteiger partial charge is 0.310 e. The Labute approximate surface area is 324 Å². The van der Waals surface area contributed by atoms with Crippen molar-refractivity contribution in [3.63, 3.8) is 0 Å². The Morgan fingerprint density at radius 1 is 0.182 bits per heavy atom. The molecule has 260 valence electrons. The second-order valence-corrected chi connectivity index (χ2v) is 13.7. The van der Waals surface area contributed by atoms with Gasteiger partial charge < -0.3 is 4.90 Å². The standard InChI is InChI=1S/C54H39N/c1-4-18-40(19-5-1)41-32-36-45(37-33-41)55(54-31-17-16-26-49(54)43-22-8-3-9-23-43)46-38-34-44(35-39-46)48-25-11-13-28-51(48)53-30-15-14-29-52(53)50-27-12-10-24-47(50)42-20-6-2-7-21-42/h1-39H. The summed E-state index contributed by atoms with van der Waals surface area (Å²) in [7, 11) is 0. The third-order valence-corrected chi connectivity index (χ3v) is 10.3. The number of hydrogen-bond acceptors (Lipinski definition) is 1. The van der Waals surface area contributed by atoms with Crippen LogP contribution in [0.25, 0.3) is 66.8 Å². The van der Waals surface area contributed by atoms with E-state index >= 15 is 0 Å². The summed E-state index contributed by atoms with van der Waals surface area (Å²) in [6.07, 6.45) is 0. The summed E-state index contributed by atoms with van der Waals surface area (Å²) in [5.74, 6) is 0. The van der Waals surface area contributed by atoms with Crippen LogP contribution in [0.1, 0.15) is 0 Å². The average Bonchev–Trinajstić information content (AvgIpc) is 3.28. The first-order valence-corrected chi connectivity index (χ1v) is 18.9. The normalized spacial score (nSPS) is 10.9. The first kappa shape index (κ1) is 33.6. The monoisotopic (exact) mass is 701 g/mol. The fraction of sp³-hybridized carbons (Fsp3) is 0. The van der Waals surface area contributed by atoms with E-state index in [1.165, 1.54) is 66.8 Å². The molecule has 0 atom stereocenters. The van der Waals surface area contributed by atoms with Gasteiger partial charge in [0.25, 0.3) is 0 Å². The fourth-order valence-electron chi connectivity index (χ4n) is 7.69. The minimum absolute atomic E-state index is 1.09. The van der Waals surface area contributed by atoms with Gasteiger partial charge in [0.1, 0.15) is 0 Å². The van der Waals surface area contributed by atoms with Gasteiger partial charge in [-0.3, -0.25) is 0 Å². The summed E-state index contributed by atoms with van der Waals surface area (Å²) in [6, 6.07) is 84.9. The first-order valence-electron chi connectivity index (χ1n) is 18.9. The third kappa shape index (κ3) is 6.88. The summed E-state index contributed by atoms with van der Waals surface area (Å²) in [5, 5.41) is 0. The molecule has 0 spiro atoms. The van der Waals surface area contributed by atoms with E-state index in [0.717, 1.165) is 17.1 Å². The van der Waals surface area contributed by atoms with Gasteiger partial charge in [-0.05, 0) is 91.5 Å². The zero-order chi connectivity index (χ0) is 36.8. The molecule has 0 aliphatic heterocycles. The molecule has 0 heterocycles. The summed E-state index contributed by atoms with van der Waals surface area (Å²) in [5.41, 5.74) is 17.7. The number of nitrogens with zero attached hydrogens (tertiary/aromatic N) is 1. The van der Waals surface area contributed by atoms with Gasteiger partial charge in [0.15, 0.2) is 0 Å². The van der Waals surface area contributed by atoms with Gasteiger partial charge in [0, 0.05) is 16.9 Å². The van der Waals surface area contributed by atoms with E-state index in [4.69, 9.17) is 0 Å². The lowest BCUT2D eigenvalue weighted by Crippen LogP contribution is -2.11. The van der Waals surface area contributed by atoms with Gasteiger partial charge in [-0.2, -0.15) is 0 Å². The molecule has 55 heavy (non-hydrogen) atoms. The third-order valence-electron chi connectivity index (χ3n) is 10.3. The van der Waals surface area contributed by atoms with Crippen LogP contribution in [0.4, 0.5) is 17.1 Å². The Hall–Kier alpha value is -7.22. The topological polar surface area (TPSA) is 3.24 Å². The molecule has 0 unspecified atom stereocenters. The summed E-state index contributed by atoms with van der Waals surface area (Å²) in [6.45, 7) is 0. The quantitative estimate of drug-likeness (QED) is 0.145. The molecular weight excluding hydrogens is 663 g/mol. The van der Waals surface area contributed by atoms with Gasteiger partial charge >= 0.3 is 0 Å². The summed E-state index contributed by atoms with van der Waals surface area (Å²) in [4.78, 5) is 2.38. The Balaban J connectivity index is 1.14. The molecule has 0 aliphatic carbocycles. The van der Waals surface area contributed by atoms with Crippen LogP contribution in [-0.2, 0) is 0 Å². The fourth-order valence-corrected chi connectivity index (χ4v) is 7.69. The lowest BCUT2D eigenvalue weighted by Gasteiger charge is -2.28. The second kappa shape index (κ2) is 15.4. The predicted molar refractivity (Wildman–Crippen MR) is 234 cm³/mol. The second-order valence-electron chi connectivity index (χ2n) is 13.7. The predicted octanol–water partition coefficient (Wildman–Crippen LogP) is 15.2. The van der Waals surface area contributed by atoms with Crippen molar-refractivity contribution in [2.75, 3.05) is 4.90 Å². The maximum Gasteiger partial charge on any atom is 0.0540 e. The molecular formula is C54H39N. The van der Waals surface area contributed by atoms with Crippen LogP contribution in [-0.4, -0.2) is 0 Å². The van der Waals surface area contributed by atoms with Crippen LogP contribution < -0.4 is 4.90 Å². The van der Waals surface area contributed by atoms with Gasteiger partial charge in [-0.15, -0.1) is 0 Å². The summed E-state index contributed by atoms with van der Waals surface area (Å²) >= 11 is 0. The molecule has 0 amide bonds. The number of hydrogen-bond donors (Lipinski definition) is 0. The molecule has 0 aliphatic rings. The highest BCUT2D eigenvalue weighted by atomic mass is 15.1. The van der Waals surface area contributed by atoms with Crippen molar-refractivity contribution >= 4 is 17.1 Å². The SMILES string of the molecule is c1ccc(-c2ccc(N(c3ccc(-c4ccccc4-c4ccccc4-c4ccccc4-c4ccccc4)cc3)c3ccccc3-c3ccccc3)cc2)cc1. The molecule has 9 aromatic carbocycles. The zero-order valence-corrected chi connectivity index (χ0v) is 30.5. The summed E-state index contributed by atoms with van der Waals surface area (Å²) < 4.78 is 0. The van der Waals surface area contributed by atoms with Crippen molar-refractivity contribution in [1.82, 2.24) is 0 Å². The molecule has 0 aromatic heterocycles. The maximum absolute atomic E-state index is 2.38. The van der Waals surface area contributed by atoms with Gasteiger partial charge in [0.05, 0.1) is 5.69 Å². The molecule has 0 N–H and O–H groups in total. The van der Waals surface area contributed by atoms with E-state index < -0.39 is 0 Å². The molecule has 0 saturated heterocycles. The van der Waals surface area contributed by atoms with Crippen molar-refractivity contribution in [2.24, 2.45) is 0 Å².